The molecule has 0 saturated carbocycles. The fraction of sp³-hybridized carbons (Fsp3) is 0.333. The summed E-state index contributed by atoms with van der Waals surface area (Å²) >= 11 is 1.16. The molecule has 0 fully saturated rings. The van der Waals surface area contributed by atoms with Crippen LogP contribution in [0.4, 0.5) is 5.69 Å². The van der Waals surface area contributed by atoms with E-state index in [4.69, 9.17) is 5.26 Å². The van der Waals surface area contributed by atoms with Gasteiger partial charge in [0.05, 0.1) is 10.9 Å². The van der Waals surface area contributed by atoms with Crippen LogP contribution >= 0.6 is 11.8 Å². The van der Waals surface area contributed by atoms with E-state index in [9.17, 15) is 9.59 Å². The standard InChI is InChI=1S/C18H20N4O2S/c1-5-14-13(9-19)17(24)22-18(21-14)25-12(4)16(23)20-15-8-10(2)6-7-11(15)3/h6-8,12H,5H2,1-4H3,(H,20,23)(H,21,22,24). The molecule has 1 amide bonds. The van der Waals surface area contributed by atoms with Gasteiger partial charge in [0, 0.05) is 5.69 Å². The number of hydrogen-bond donors (Lipinski definition) is 2. The van der Waals surface area contributed by atoms with E-state index < -0.39 is 10.8 Å². The molecule has 1 unspecified atom stereocenters. The van der Waals surface area contributed by atoms with Crippen LogP contribution in [-0.2, 0) is 11.2 Å². The predicted octanol–water partition coefficient (Wildman–Crippen LogP) is 2.94. The van der Waals surface area contributed by atoms with Crippen molar-refractivity contribution in [2.24, 2.45) is 0 Å². The van der Waals surface area contributed by atoms with Crippen LogP contribution in [0.1, 0.15) is 36.2 Å². The van der Waals surface area contributed by atoms with Crippen LogP contribution < -0.4 is 10.9 Å². The van der Waals surface area contributed by atoms with E-state index in [1.807, 2.05) is 45.0 Å². The summed E-state index contributed by atoms with van der Waals surface area (Å²) in [6, 6.07) is 7.73. The molecule has 0 spiro atoms. The van der Waals surface area contributed by atoms with Crippen molar-refractivity contribution in [2.45, 2.75) is 44.5 Å². The lowest BCUT2D eigenvalue weighted by atomic mass is 10.1. The molecular weight excluding hydrogens is 336 g/mol. The van der Waals surface area contributed by atoms with E-state index in [-0.39, 0.29) is 11.5 Å². The molecule has 0 aliphatic heterocycles. The smallest absolute Gasteiger partial charge is 0.269 e. The lowest BCUT2D eigenvalue weighted by Crippen LogP contribution is -2.24. The highest BCUT2D eigenvalue weighted by molar-refractivity contribution is 8.00. The Kier molecular flexibility index (Phi) is 5.99. The van der Waals surface area contributed by atoms with E-state index >= 15 is 0 Å². The highest BCUT2D eigenvalue weighted by atomic mass is 32.2. The second-order valence-corrected chi connectivity index (χ2v) is 7.06. The Bertz CT molecular complexity index is 899. The molecule has 0 aliphatic rings. The van der Waals surface area contributed by atoms with Crippen LogP contribution in [0.25, 0.3) is 0 Å². The number of carbonyl (C=O) groups excluding carboxylic acids is 1. The molecule has 7 heteroatoms. The number of benzene rings is 1. The molecule has 0 bridgehead atoms. The third-order valence-electron chi connectivity index (χ3n) is 3.73. The molecule has 2 N–H and O–H groups in total. The van der Waals surface area contributed by atoms with Gasteiger partial charge in [-0.25, -0.2) is 4.98 Å². The number of anilines is 1. The Morgan fingerprint density at radius 3 is 2.80 bits per heavy atom. The van der Waals surface area contributed by atoms with Crippen LogP contribution in [0.3, 0.4) is 0 Å². The SMILES string of the molecule is CCc1nc(SC(C)C(=O)Nc2cc(C)ccc2C)[nH]c(=O)c1C#N. The monoisotopic (exact) mass is 356 g/mol. The van der Waals surface area contributed by atoms with Crippen LogP contribution in [0, 0.1) is 25.2 Å². The average molecular weight is 356 g/mol. The van der Waals surface area contributed by atoms with Gasteiger partial charge in [-0.2, -0.15) is 5.26 Å². The Hall–Kier alpha value is -2.59. The highest BCUT2D eigenvalue weighted by Crippen LogP contribution is 2.22. The first kappa shape index (κ1) is 18.7. The number of aromatic amines is 1. The predicted molar refractivity (Wildman–Crippen MR) is 98.8 cm³/mol. The highest BCUT2D eigenvalue weighted by Gasteiger charge is 2.18. The van der Waals surface area contributed by atoms with E-state index in [1.54, 1.807) is 6.92 Å². The lowest BCUT2D eigenvalue weighted by molar-refractivity contribution is -0.115. The van der Waals surface area contributed by atoms with Crippen molar-refractivity contribution in [3.8, 4) is 6.07 Å². The molecule has 2 aromatic rings. The molecule has 1 aromatic heterocycles. The van der Waals surface area contributed by atoms with E-state index in [0.717, 1.165) is 28.6 Å². The Labute approximate surface area is 150 Å². The number of hydrogen-bond acceptors (Lipinski definition) is 5. The van der Waals surface area contributed by atoms with Gasteiger partial charge in [-0.05, 0) is 44.4 Å². The Morgan fingerprint density at radius 1 is 1.44 bits per heavy atom. The number of thioether (sulfide) groups is 1. The second-order valence-electron chi connectivity index (χ2n) is 5.73. The minimum Gasteiger partial charge on any atom is -0.325 e. The number of carbonyl (C=O) groups is 1. The van der Waals surface area contributed by atoms with E-state index in [2.05, 4.69) is 15.3 Å². The van der Waals surface area contributed by atoms with Gasteiger partial charge in [0.1, 0.15) is 11.6 Å². The number of nitrogens with one attached hydrogen (secondary N) is 2. The zero-order valence-corrected chi connectivity index (χ0v) is 15.5. The normalized spacial score (nSPS) is 11.6. The first-order valence-electron chi connectivity index (χ1n) is 7.93. The summed E-state index contributed by atoms with van der Waals surface area (Å²) in [6.07, 6.45) is 0.476. The zero-order valence-electron chi connectivity index (χ0n) is 14.6. The van der Waals surface area contributed by atoms with Gasteiger partial charge in [-0.1, -0.05) is 30.8 Å². The number of aromatic nitrogens is 2. The van der Waals surface area contributed by atoms with Crippen LogP contribution in [0.15, 0.2) is 28.2 Å². The zero-order chi connectivity index (χ0) is 18.6. The van der Waals surface area contributed by atoms with Gasteiger partial charge in [0.25, 0.3) is 5.56 Å². The quantitative estimate of drug-likeness (QED) is 0.634. The fourth-order valence-electron chi connectivity index (χ4n) is 2.25. The second kappa shape index (κ2) is 7.99. The van der Waals surface area contributed by atoms with Gasteiger partial charge < -0.3 is 10.3 Å². The van der Waals surface area contributed by atoms with Crippen molar-refractivity contribution in [1.82, 2.24) is 9.97 Å². The summed E-state index contributed by atoms with van der Waals surface area (Å²) in [6.45, 7) is 7.47. The topological polar surface area (TPSA) is 98.6 Å². The largest absolute Gasteiger partial charge is 0.325 e. The molecule has 0 aliphatic carbocycles. The van der Waals surface area contributed by atoms with Crippen molar-refractivity contribution in [1.29, 1.82) is 5.26 Å². The summed E-state index contributed by atoms with van der Waals surface area (Å²) in [4.78, 5) is 31.2. The summed E-state index contributed by atoms with van der Waals surface area (Å²) in [5, 5.41) is 11.8. The summed E-state index contributed by atoms with van der Waals surface area (Å²) in [7, 11) is 0. The molecular formula is C18H20N4O2S. The third-order valence-corrected chi connectivity index (χ3v) is 4.71. The van der Waals surface area contributed by atoms with Crippen LogP contribution in [-0.4, -0.2) is 21.1 Å². The minimum atomic E-state index is -0.473. The molecule has 1 heterocycles. The Balaban J connectivity index is 2.16. The van der Waals surface area contributed by atoms with Crippen molar-refractivity contribution in [3.63, 3.8) is 0 Å². The van der Waals surface area contributed by atoms with Crippen molar-refractivity contribution in [3.05, 3.63) is 50.9 Å². The minimum absolute atomic E-state index is 0.0272. The molecule has 1 aromatic carbocycles. The maximum absolute atomic E-state index is 12.4. The van der Waals surface area contributed by atoms with Gasteiger partial charge in [0.2, 0.25) is 5.91 Å². The molecule has 0 radical (unpaired) electrons. The Morgan fingerprint density at radius 2 is 2.16 bits per heavy atom. The summed E-state index contributed by atoms with van der Waals surface area (Å²) in [5.74, 6) is -0.177. The number of aryl methyl sites for hydroxylation is 3. The van der Waals surface area contributed by atoms with E-state index in [0.29, 0.717) is 17.3 Å². The third kappa shape index (κ3) is 4.48. The van der Waals surface area contributed by atoms with Crippen molar-refractivity contribution < 1.29 is 4.79 Å². The fourth-order valence-corrected chi connectivity index (χ4v) is 3.07. The van der Waals surface area contributed by atoms with Gasteiger partial charge >= 0.3 is 0 Å². The lowest BCUT2D eigenvalue weighted by Gasteiger charge is -2.14. The number of amides is 1. The van der Waals surface area contributed by atoms with Gasteiger partial charge in [0.15, 0.2) is 5.16 Å². The number of nitrogens with zero attached hydrogens (tertiary/aromatic N) is 2. The first-order chi connectivity index (χ1) is 11.8. The van der Waals surface area contributed by atoms with Crippen LogP contribution in [0.5, 0.6) is 0 Å². The summed E-state index contributed by atoms with van der Waals surface area (Å²) in [5.41, 5.74) is 2.81. The molecule has 1 atom stereocenters. The molecule has 130 valence electrons. The number of nitriles is 1. The number of rotatable bonds is 5. The maximum atomic E-state index is 12.4. The van der Waals surface area contributed by atoms with Gasteiger partial charge in [-0.15, -0.1) is 0 Å². The van der Waals surface area contributed by atoms with Crippen molar-refractivity contribution >= 4 is 23.4 Å². The average Bonchev–Trinajstić information content (AvgIpc) is 2.57. The maximum Gasteiger partial charge on any atom is 0.269 e. The molecule has 25 heavy (non-hydrogen) atoms. The van der Waals surface area contributed by atoms with E-state index in [1.165, 1.54) is 0 Å². The van der Waals surface area contributed by atoms with Crippen molar-refractivity contribution in [2.75, 3.05) is 5.32 Å². The van der Waals surface area contributed by atoms with Crippen LogP contribution in [0.2, 0.25) is 0 Å². The number of H-pyrrole nitrogens is 1. The molecule has 0 saturated heterocycles. The molecule has 6 nitrogen and oxygen atoms in total. The molecule has 2 rings (SSSR count). The van der Waals surface area contributed by atoms with Gasteiger partial charge in [-0.3, -0.25) is 9.59 Å². The summed E-state index contributed by atoms with van der Waals surface area (Å²) < 4.78 is 0. The first-order valence-corrected chi connectivity index (χ1v) is 8.81.